The summed E-state index contributed by atoms with van der Waals surface area (Å²) in [6, 6.07) is 26.4. The van der Waals surface area contributed by atoms with Crippen molar-refractivity contribution in [3.8, 4) is 0 Å². The van der Waals surface area contributed by atoms with E-state index in [2.05, 4.69) is 50.4 Å². The first-order valence-electron chi connectivity index (χ1n) is 11.3. The van der Waals surface area contributed by atoms with Gasteiger partial charge in [-0.1, -0.05) is 82.7 Å². The van der Waals surface area contributed by atoms with Gasteiger partial charge in [-0.3, -0.25) is 14.7 Å². The minimum absolute atomic E-state index is 0.0466. The van der Waals surface area contributed by atoms with Gasteiger partial charge in [0.25, 0.3) is 5.91 Å². The van der Waals surface area contributed by atoms with Crippen molar-refractivity contribution in [1.82, 2.24) is 15.2 Å². The average Bonchev–Trinajstić information content (AvgIpc) is 2.83. The third-order valence-electron chi connectivity index (χ3n) is 6.32. The van der Waals surface area contributed by atoms with Crippen LogP contribution in [0, 0.1) is 0 Å². The molecule has 5 rings (SSSR count). The molecular weight excluding hydrogens is 474 g/mol. The Kier molecular flexibility index (Phi) is 6.25. The first-order chi connectivity index (χ1) is 16.1. The molecule has 1 atom stereocenters. The smallest absolute Gasteiger partial charge is 0.252 e. The number of pyridine rings is 1. The van der Waals surface area contributed by atoms with E-state index < -0.39 is 0 Å². The maximum Gasteiger partial charge on any atom is 0.252 e. The monoisotopic (exact) mass is 499 g/mol. The first kappa shape index (κ1) is 21.8. The lowest BCUT2D eigenvalue weighted by Crippen LogP contribution is -2.34. The summed E-state index contributed by atoms with van der Waals surface area (Å²) >= 11 is 3.61. The topological polar surface area (TPSA) is 45.2 Å². The standard InChI is InChI=1S/C28H26BrN3O/c1-19(21-11-5-7-13-24(21)29)30-28(33)27-22-12-6-8-14-25(22)31-26-15-16-32(18-23(26)27)17-20-9-3-2-4-10-20/h2-14,19H,15-18H2,1H3,(H,30,33). The van der Waals surface area contributed by atoms with Crippen LogP contribution in [0.5, 0.6) is 0 Å². The summed E-state index contributed by atoms with van der Waals surface area (Å²) in [6.07, 6.45) is 0.840. The van der Waals surface area contributed by atoms with Crippen molar-refractivity contribution in [2.24, 2.45) is 0 Å². The molecule has 0 saturated heterocycles. The van der Waals surface area contributed by atoms with Crippen LogP contribution in [-0.4, -0.2) is 22.3 Å². The fraction of sp³-hybridized carbons (Fsp3) is 0.214. The highest BCUT2D eigenvalue weighted by Gasteiger charge is 2.26. The predicted octanol–water partition coefficient (Wildman–Crippen LogP) is 6.05. The lowest BCUT2D eigenvalue weighted by molar-refractivity contribution is 0.0938. The summed E-state index contributed by atoms with van der Waals surface area (Å²) in [7, 11) is 0. The Morgan fingerprint density at radius 1 is 1.03 bits per heavy atom. The zero-order chi connectivity index (χ0) is 22.8. The molecule has 0 spiro atoms. The van der Waals surface area contributed by atoms with Gasteiger partial charge in [-0.15, -0.1) is 0 Å². The first-order valence-corrected chi connectivity index (χ1v) is 12.1. The van der Waals surface area contributed by atoms with Crippen LogP contribution in [0.4, 0.5) is 0 Å². The van der Waals surface area contributed by atoms with Gasteiger partial charge < -0.3 is 5.32 Å². The van der Waals surface area contributed by atoms with E-state index in [9.17, 15) is 4.79 Å². The molecular formula is C28H26BrN3O. The average molecular weight is 500 g/mol. The van der Waals surface area contributed by atoms with Gasteiger partial charge in [0.15, 0.2) is 0 Å². The van der Waals surface area contributed by atoms with Gasteiger partial charge in [0.05, 0.1) is 17.1 Å². The van der Waals surface area contributed by atoms with Crippen LogP contribution in [0.3, 0.4) is 0 Å². The van der Waals surface area contributed by atoms with E-state index in [1.807, 2.05) is 61.5 Å². The highest BCUT2D eigenvalue weighted by atomic mass is 79.9. The fourth-order valence-corrected chi connectivity index (χ4v) is 5.28. The van der Waals surface area contributed by atoms with Crippen molar-refractivity contribution < 1.29 is 4.79 Å². The molecule has 1 aliphatic rings. The molecule has 1 amide bonds. The molecule has 0 fully saturated rings. The number of halogens is 1. The Balaban J connectivity index is 1.50. The third-order valence-corrected chi connectivity index (χ3v) is 7.04. The predicted molar refractivity (Wildman–Crippen MR) is 136 cm³/mol. The summed E-state index contributed by atoms with van der Waals surface area (Å²) in [5.41, 5.74) is 6.06. The van der Waals surface area contributed by atoms with Gasteiger partial charge in [-0.05, 0) is 30.2 Å². The van der Waals surface area contributed by atoms with Gasteiger partial charge in [0.2, 0.25) is 0 Å². The van der Waals surface area contributed by atoms with Crippen molar-refractivity contribution in [2.45, 2.75) is 32.5 Å². The van der Waals surface area contributed by atoms with Crippen LogP contribution < -0.4 is 5.32 Å². The summed E-state index contributed by atoms with van der Waals surface area (Å²) in [5, 5.41) is 4.16. The molecule has 1 aromatic heterocycles. The lowest BCUT2D eigenvalue weighted by Gasteiger charge is -2.30. The number of aromatic nitrogens is 1. The molecule has 166 valence electrons. The minimum Gasteiger partial charge on any atom is -0.345 e. The highest BCUT2D eigenvalue weighted by molar-refractivity contribution is 9.10. The van der Waals surface area contributed by atoms with Gasteiger partial charge in [-0.25, -0.2) is 0 Å². The number of rotatable bonds is 5. The highest BCUT2D eigenvalue weighted by Crippen LogP contribution is 2.30. The number of carbonyl (C=O) groups excluding carboxylic acids is 1. The number of nitrogens with one attached hydrogen (secondary N) is 1. The largest absolute Gasteiger partial charge is 0.345 e. The lowest BCUT2D eigenvalue weighted by atomic mass is 9.94. The van der Waals surface area contributed by atoms with Crippen molar-refractivity contribution in [3.05, 3.63) is 111 Å². The number of hydrogen-bond acceptors (Lipinski definition) is 3. The van der Waals surface area contributed by atoms with Crippen LogP contribution >= 0.6 is 15.9 Å². The molecule has 1 unspecified atom stereocenters. The summed E-state index contributed by atoms with van der Waals surface area (Å²) in [6.45, 7) is 4.53. The molecule has 4 nitrogen and oxygen atoms in total. The minimum atomic E-state index is -0.125. The molecule has 1 N–H and O–H groups in total. The normalized spacial score (nSPS) is 14.6. The van der Waals surface area contributed by atoms with E-state index in [0.29, 0.717) is 6.54 Å². The zero-order valence-electron chi connectivity index (χ0n) is 18.6. The molecule has 0 aliphatic carbocycles. The molecule has 5 heteroatoms. The fourth-order valence-electron chi connectivity index (χ4n) is 4.65. The van der Waals surface area contributed by atoms with Crippen molar-refractivity contribution in [2.75, 3.05) is 6.54 Å². The maximum atomic E-state index is 13.7. The molecule has 3 aromatic carbocycles. The molecule has 33 heavy (non-hydrogen) atoms. The Labute approximate surface area is 202 Å². The second-order valence-corrected chi connectivity index (χ2v) is 9.45. The van der Waals surface area contributed by atoms with E-state index in [4.69, 9.17) is 4.98 Å². The molecule has 0 radical (unpaired) electrons. The summed E-state index contributed by atoms with van der Waals surface area (Å²) in [5.74, 6) is -0.0466. The number of nitrogens with zero attached hydrogens (tertiary/aromatic N) is 2. The Morgan fingerprint density at radius 3 is 2.58 bits per heavy atom. The quantitative estimate of drug-likeness (QED) is 0.363. The number of carbonyl (C=O) groups is 1. The number of benzene rings is 3. The van der Waals surface area contributed by atoms with Crippen molar-refractivity contribution in [3.63, 3.8) is 0 Å². The van der Waals surface area contributed by atoms with Crippen LogP contribution in [0.2, 0.25) is 0 Å². The van der Waals surface area contributed by atoms with Crippen LogP contribution in [0.1, 0.15) is 45.7 Å². The Bertz CT molecular complexity index is 1310. The molecule has 1 aliphatic heterocycles. The van der Waals surface area contributed by atoms with E-state index in [1.165, 1.54) is 5.56 Å². The van der Waals surface area contributed by atoms with Crippen LogP contribution in [0.25, 0.3) is 10.9 Å². The number of hydrogen-bond donors (Lipinski definition) is 1. The molecule has 4 aromatic rings. The maximum absolute atomic E-state index is 13.7. The second-order valence-electron chi connectivity index (χ2n) is 8.59. The van der Waals surface area contributed by atoms with Crippen molar-refractivity contribution in [1.29, 1.82) is 0 Å². The van der Waals surface area contributed by atoms with Crippen LogP contribution in [0.15, 0.2) is 83.3 Å². The van der Waals surface area contributed by atoms with Gasteiger partial charge in [-0.2, -0.15) is 0 Å². The van der Waals surface area contributed by atoms with E-state index in [-0.39, 0.29) is 11.9 Å². The molecule has 0 bridgehead atoms. The summed E-state index contributed by atoms with van der Waals surface area (Å²) < 4.78 is 0.994. The van der Waals surface area contributed by atoms with E-state index in [0.717, 1.165) is 57.3 Å². The van der Waals surface area contributed by atoms with Crippen molar-refractivity contribution >= 4 is 32.7 Å². The number of fused-ring (bicyclic) bond motifs is 2. The summed E-state index contributed by atoms with van der Waals surface area (Å²) in [4.78, 5) is 21.1. The number of para-hydroxylation sites is 1. The SMILES string of the molecule is CC(NC(=O)c1c2c(nc3ccccc13)CCN(Cc1ccccc1)C2)c1ccccc1Br. The van der Waals surface area contributed by atoms with Crippen LogP contribution in [-0.2, 0) is 19.5 Å². The Morgan fingerprint density at radius 2 is 1.76 bits per heavy atom. The Hall–Kier alpha value is -3.02. The van der Waals surface area contributed by atoms with Gasteiger partial charge in [0, 0.05) is 47.2 Å². The van der Waals surface area contributed by atoms with Gasteiger partial charge in [0.1, 0.15) is 0 Å². The third kappa shape index (κ3) is 4.56. The number of amides is 1. The second kappa shape index (κ2) is 9.46. The van der Waals surface area contributed by atoms with Gasteiger partial charge >= 0.3 is 0 Å². The molecule has 0 saturated carbocycles. The van der Waals surface area contributed by atoms with E-state index in [1.54, 1.807) is 0 Å². The van der Waals surface area contributed by atoms with E-state index >= 15 is 0 Å². The molecule has 2 heterocycles. The zero-order valence-corrected chi connectivity index (χ0v) is 20.2.